The van der Waals surface area contributed by atoms with Gasteiger partial charge in [-0.15, -0.1) is 11.3 Å². The highest BCUT2D eigenvalue weighted by molar-refractivity contribution is 7.99. The number of pyridine rings is 1. The lowest BCUT2D eigenvalue weighted by Gasteiger charge is -2.44. The molecule has 1 unspecified atom stereocenters. The maximum absolute atomic E-state index is 13.2. The van der Waals surface area contributed by atoms with Crippen LogP contribution in [0.4, 0.5) is 4.39 Å². The molecule has 0 bridgehead atoms. The normalized spacial score (nSPS) is 21.8. The van der Waals surface area contributed by atoms with Gasteiger partial charge in [0.25, 0.3) is 5.91 Å². The summed E-state index contributed by atoms with van der Waals surface area (Å²) in [5, 5.41) is 12.8. The number of thiazole rings is 1. The number of nitrogens with one attached hydrogen (secondary N) is 1. The molecule has 31 heavy (non-hydrogen) atoms. The molecule has 1 N–H and O–H groups in total. The zero-order valence-electron chi connectivity index (χ0n) is 16.4. The van der Waals surface area contributed by atoms with Crippen LogP contribution in [0.2, 0.25) is 0 Å². The predicted octanol–water partition coefficient (Wildman–Crippen LogP) is 4.17. The molecule has 3 aromatic rings. The minimum Gasteiger partial charge on any atom is -0.342 e. The van der Waals surface area contributed by atoms with Gasteiger partial charge >= 0.3 is 0 Å². The van der Waals surface area contributed by atoms with Gasteiger partial charge in [0.05, 0.1) is 17.0 Å². The number of carbonyl (C=O) groups excluding carboxylic acids is 1. The molecule has 6 nitrogen and oxygen atoms in total. The van der Waals surface area contributed by atoms with E-state index in [-0.39, 0.29) is 17.3 Å². The summed E-state index contributed by atoms with van der Waals surface area (Å²) in [6.45, 7) is 1.28. The Morgan fingerprint density at radius 2 is 2.16 bits per heavy atom. The van der Waals surface area contributed by atoms with Crippen LogP contribution in [-0.2, 0) is 0 Å². The summed E-state index contributed by atoms with van der Waals surface area (Å²) in [5.74, 6) is -0.140. The van der Waals surface area contributed by atoms with E-state index in [2.05, 4.69) is 21.5 Å². The average Bonchev–Trinajstić information content (AvgIpc) is 3.35. The van der Waals surface area contributed by atoms with Crippen molar-refractivity contribution >= 4 is 29.0 Å². The Bertz CT molecular complexity index is 1180. The standard InChI is InChI=1S/C22H18FN5OS2/c23-15-1-3-16(4-2-15)30-18-9-25-8-6-17(18)19-10-26-21(31-19)20(29)27-22-7-5-14(22)11-28(12-22)13-24/h1-4,6,8-10,14H,5,7,11-12H2,(H,27,29)/t14?,22-/m0/s1. The van der Waals surface area contributed by atoms with Gasteiger partial charge in [0, 0.05) is 46.4 Å². The highest BCUT2D eigenvalue weighted by Crippen LogP contribution is 2.44. The number of nitrogens with zero attached hydrogens (tertiary/aromatic N) is 4. The molecule has 1 amide bonds. The van der Waals surface area contributed by atoms with Gasteiger partial charge < -0.3 is 10.2 Å². The second-order valence-corrected chi connectivity index (χ2v) is 9.93. The lowest BCUT2D eigenvalue weighted by Crippen LogP contribution is -2.60. The molecule has 9 heteroatoms. The van der Waals surface area contributed by atoms with Crippen molar-refractivity contribution in [3.63, 3.8) is 0 Å². The van der Waals surface area contributed by atoms with Crippen LogP contribution in [0, 0.1) is 23.2 Å². The summed E-state index contributed by atoms with van der Waals surface area (Å²) >= 11 is 2.82. The van der Waals surface area contributed by atoms with Gasteiger partial charge in [0.2, 0.25) is 0 Å². The summed E-state index contributed by atoms with van der Waals surface area (Å²) in [7, 11) is 0. The SMILES string of the molecule is N#CN1CC2CC[C@]2(NC(=O)c2ncc(-c3ccncc3Sc3ccc(F)cc3)s2)C1. The summed E-state index contributed by atoms with van der Waals surface area (Å²) < 4.78 is 13.2. The van der Waals surface area contributed by atoms with E-state index in [9.17, 15) is 14.4 Å². The van der Waals surface area contributed by atoms with Gasteiger partial charge in [0.15, 0.2) is 11.2 Å². The van der Waals surface area contributed by atoms with Crippen molar-refractivity contribution in [3.05, 3.63) is 59.7 Å². The van der Waals surface area contributed by atoms with Crippen LogP contribution in [0.3, 0.4) is 0 Å². The number of aromatic nitrogens is 2. The third kappa shape index (κ3) is 3.77. The van der Waals surface area contributed by atoms with E-state index in [0.29, 0.717) is 24.0 Å². The van der Waals surface area contributed by atoms with Crippen LogP contribution < -0.4 is 5.32 Å². The number of likely N-dealkylation sites (tertiary alicyclic amines) is 1. The number of hydrogen-bond acceptors (Lipinski definition) is 7. The molecule has 2 fully saturated rings. The van der Waals surface area contributed by atoms with E-state index >= 15 is 0 Å². The Morgan fingerprint density at radius 3 is 2.90 bits per heavy atom. The predicted molar refractivity (Wildman–Crippen MR) is 116 cm³/mol. The Labute approximate surface area is 187 Å². The van der Waals surface area contributed by atoms with Crippen molar-refractivity contribution in [2.45, 2.75) is 28.2 Å². The van der Waals surface area contributed by atoms with Crippen molar-refractivity contribution in [3.8, 4) is 16.6 Å². The lowest BCUT2D eigenvalue weighted by atomic mass is 9.69. The van der Waals surface area contributed by atoms with Crippen LogP contribution in [0.15, 0.2) is 58.7 Å². The summed E-state index contributed by atoms with van der Waals surface area (Å²) in [6.07, 6.45) is 9.29. The number of nitriles is 1. The van der Waals surface area contributed by atoms with Gasteiger partial charge in [0.1, 0.15) is 5.82 Å². The first-order valence-corrected chi connectivity index (χ1v) is 11.5. The first kappa shape index (κ1) is 20.0. The van der Waals surface area contributed by atoms with Crippen molar-refractivity contribution in [1.29, 1.82) is 5.26 Å². The van der Waals surface area contributed by atoms with Gasteiger partial charge in [-0.2, -0.15) is 5.26 Å². The molecule has 1 saturated carbocycles. The van der Waals surface area contributed by atoms with Gasteiger partial charge in [-0.05, 0) is 43.2 Å². The molecular weight excluding hydrogens is 433 g/mol. The van der Waals surface area contributed by atoms with Gasteiger partial charge in [-0.3, -0.25) is 9.78 Å². The molecule has 5 rings (SSSR count). The molecule has 3 heterocycles. The molecular formula is C22H18FN5OS2. The van der Waals surface area contributed by atoms with E-state index in [1.807, 2.05) is 6.07 Å². The molecule has 0 spiro atoms. The zero-order valence-corrected chi connectivity index (χ0v) is 18.0. The second kappa shape index (κ2) is 7.94. The van der Waals surface area contributed by atoms with E-state index < -0.39 is 0 Å². The van der Waals surface area contributed by atoms with Crippen molar-refractivity contribution in [1.82, 2.24) is 20.2 Å². The molecule has 2 atom stereocenters. The largest absolute Gasteiger partial charge is 0.342 e. The molecule has 1 saturated heterocycles. The number of carbonyl (C=O) groups is 1. The van der Waals surface area contributed by atoms with Crippen LogP contribution in [0.1, 0.15) is 22.6 Å². The Hall–Kier alpha value is -2.96. The molecule has 1 aliphatic carbocycles. The highest BCUT2D eigenvalue weighted by Gasteiger charge is 2.54. The highest BCUT2D eigenvalue weighted by atomic mass is 32.2. The van der Waals surface area contributed by atoms with E-state index in [0.717, 1.165) is 33.1 Å². The molecule has 2 aliphatic rings. The van der Waals surface area contributed by atoms with E-state index in [4.69, 9.17) is 0 Å². The third-order valence-corrected chi connectivity index (χ3v) is 8.01. The number of benzene rings is 1. The van der Waals surface area contributed by atoms with E-state index in [1.54, 1.807) is 35.6 Å². The molecule has 0 radical (unpaired) electrons. The fourth-order valence-corrected chi connectivity index (χ4v) is 6.04. The van der Waals surface area contributed by atoms with Crippen LogP contribution in [-0.4, -0.2) is 39.4 Å². The number of hydrogen-bond donors (Lipinski definition) is 1. The Kier molecular flexibility index (Phi) is 5.12. The monoisotopic (exact) mass is 451 g/mol. The molecule has 1 aromatic carbocycles. The molecule has 2 aromatic heterocycles. The quantitative estimate of drug-likeness (QED) is 0.587. The van der Waals surface area contributed by atoms with Crippen LogP contribution in [0.25, 0.3) is 10.4 Å². The fourth-order valence-electron chi connectivity index (χ4n) is 4.20. The Morgan fingerprint density at radius 1 is 1.32 bits per heavy atom. The number of amides is 1. The van der Waals surface area contributed by atoms with E-state index in [1.165, 1.54) is 35.2 Å². The average molecular weight is 452 g/mol. The zero-order chi connectivity index (χ0) is 21.4. The minimum absolute atomic E-state index is 0.192. The van der Waals surface area contributed by atoms with Gasteiger partial charge in [-0.1, -0.05) is 11.8 Å². The fraction of sp³-hybridized carbons (Fsp3) is 0.273. The maximum Gasteiger partial charge on any atom is 0.280 e. The minimum atomic E-state index is -0.307. The topological polar surface area (TPSA) is 81.9 Å². The maximum atomic E-state index is 13.2. The molecule has 156 valence electrons. The molecule has 1 aliphatic heterocycles. The third-order valence-electron chi connectivity index (χ3n) is 5.93. The number of rotatable bonds is 5. The first-order chi connectivity index (χ1) is 15.1. The van der Waals surface area contributed by atoms with Crippen LogP contribution >= 0.6 is 23.1 Å². The summed E-state index contributed by atoms with van der Waals surface area (Å²) in [6, 6.07) is 8.20. The van der Waals surface area contributed by atoms with Crippen molar-refractivity contribution in [2.75, 3.05) is 13.1 Å². The first-order valence-electron chi connectivity index (χ1n) is 9.87. The Balaban J connectivity index is 1.35. The number of fused-ring (bicyclic) bond motifs is 1. The van der Waals surface area contributed by atoms with Gasteiger partial charge in [-0.25, -0.2) is 9.37 Å². The van der Waals surface area contributed by atoms with Crippen LogP contribution in [0.5, 0.6) is 0 Å². The van der Waals surface area contributed by atoms with Crippen molar-refractivity contribution in [2.24, 2.45) is 5.92 Å². The summed E-state index contributed by atoms with van der Waals surface area (Å²) in [5.41, 5.74) is 0.621. The lowest BCUT2D eigenvalue weighted by molar-refractivity contribution is 0.0762. The summed E-state index contributed by atoms with van der Waals surface area (Å²) in [4.78, 5) is 25.9. The number of halogens is 1. The second-order valence-electron chi connectivity index (χ2n) is 7.78. The smallest absolute Gasteiger partial charge is 0.280 e. The van der Waals surface area contributed by atoms with Crippen molar-refractivity contribution < 1.29 is 9.18 Å².